The number of nitrogens with one attached hydrogen (secondary N) is 1. The molecule has 1 aliphatic heterocycles. The summed E-state index contributed by atoms with van der Waals surface area (Å²) in [5, 5.41) is 34.7. The van der Waals surface area contributed by atoms with Crippen LogP contribution in [0.15, 0.2) is 99.1 Å². The van der Waals surface area contributed by atoms with E-state index in [1.165, 1.54) is 6.20 Å². The molecule has 4 N–H and O–H groups in total. The Morgan fingerprint density at radius 2 is 1.37 bits per heavy atom. The molecule has 0 saturated carbocycles. The van der Waals surface area contributed by atoms with Gasteiger partial charge in [-0.15, -0.1) is 0 Å². The van der Waals surface area contributed by atoms with Crippen molar-refractivity contribution in [2.24, 2.45) is 0 Å². The first-order chi connectivity index (χ1) is 19.7. The van der Waals surface area contributed by atoms with Gasteiger partial charge in [0.1, 0.15) is 35.9 Å². The predicted molar refractivity (Wildman–Crippen MR) is 153 cm³/mol. The number of aromatic amines is 1. The van der Waals surface area contributed by atoms with E-state index in [0.29, 0.717) is 28.2 Å². The minimum atomic E-state index is -1.61. The third-order valence-electron chi connectivity index (χ3n) is 7.55. The molecule has 3 aromatic carbocycles. The van der Waals surface area contributed by atoms with E-state index >= 15 is 0 Å². The molecule has 0 amide bonds. The van der Waals surface area contributed by atoms with Crippen LogP contribution in [0, 0.1) is 0 Å². The van der Waals surface area contributed by atoms with Crippen molar-refractivity contribution in [1.82, 2.24) is 9.55 Å². The van der Waals surface area contributed by atoms with Crippen LogP contribution in [0.2, 0.25) is 0 Å². The number of rotatable bonds is 8. The smallest absolute Gasteiger partial charge is 0.330 e. The third kappa shape index (κ3) is 5.00. The highest BCUT2D eigenvalue weighted by Gasteiger charge is 2.55. The van der Waals surface area contributed by atoms with Crippen molar-refractivity contribution in [2.75, 3.05) is 14.2 Å². The Balaban J connectivity index is 1.71. The molecule has 1 aliphatic rings. The summed E-state index contributed by atoms with van der Waals surface area (Å²) in [5.41, 5.74) is -0.848. The van der Waals surface area contributed by atoms with Gasteiger partial charge in [0, 0.05) is 6.20 Å². The summed E-state index contributed by atoms with van der Waals surface area (Å²) in [6.07, 6.45) is -6.31. The van der Waals surface area contributed by atoms with E-state index in [9.17, 15) is 24.9 Å². The number of hydrogen-bond acceptors (Lipinski definition) is 8. The number of H-pyrrole nitrogens is 1. The second-order valence-electron chi connectivity index (χ2n) is 9.69. The minimum Gasteiger partial charge on any atom is -0.497 e. The van der Waals surface area contributed by atoms with Crippen LogP contribution in [0.3, 0.4) is 0 Å². The number of ether oxygens (including phenoxy) is 3. The second-order valence-corrected chi connectivity index (χ2v) is 10.5. The minimum absolute atomic E-state index is 0.0292. The van der Waals surface area contributed by atoms with Gasteiger partial charge in [0.2, 0.25) is 0 Å². The Bertz CT molecular complexity index is 1560. The van der Waals surface area contributed by atoms with E-state index in [1.54, 1.807) is 38.5 Å². The molecule has 10 nitrogen and oxygen atoms in total. The van der Waals surface area contributed by atoms with E-state index in [-0.39, 0.29) is 4.47 Å². The second kappa shape index (κ2) is 11.6. The van der Waals surface area contributed by atoms with Crippen LogP contribution in [0.5, 0.6) is 11.5 Å². The summed E-state index contributed by atoms with van der Waals surface area (Å²) in [7, 11) is 3.11. The lowest BCUT2D eigenvalue weighted by molar-refractivity contribution is -0.0993. The highest BCUT2D eigenvalue weighted by atomic mass is 79.9. The lowest BCUT2D eigenvalue weighted by Gasteiger charge is -2.42. The molecule has 2 heterocycles. The summed E-state index contributed by atoms with van der Waals surface area (Å²) in [6, 6.07) is 23.6. The van der Waals surface area contributed by atoms with Crippen LogP contribution in [0.25, 0.3) is 0 Å². The lowest BCUT2D eigenvalue weighted by atomic mass is 9.64. The Kier molecular flexibility index (Phi) is 8.16. The van der Waals surface area contributed by atoms with Crippen molar-refractivity contribution in [3.8, 4) is 11.5 Å². The van der Waals surface area contributed by atoms with Gasteiger partial charge in [0.25, 0.3) is 5.56 Å². The number of aliphatic hydroxyl groups excluding tert-OH is 3. The van der Waals surface area contributed by atoms with Crippen LogP contribution in [-0.4, -0.2) is 63.5 Å². The van der Waals surface area contributed by atoms with Gasteiger partial charge in [0.15, 0.2) is 6.23 Å². The Morgan fingerprint density at radius 1 is 0.854 bits per heavy atom. The van der Waals surface area contributed by atoms with Crippen molar-refractivity contribution < 1.29 is 29.5 Å². The first-order valence-electron chi connectivity index (χ1n) is 12.8. The zero-order chi connectivity index (χ0) is 29.3. The van der Waals surface area contributed by atoms with Gasteiger partial charge < -0.3 is 29.5 Å². The molecule has 1 aromatic heterocycles. The van der Waals surface area contributed by atoms with E-state index in [1.807, 2.05) is 54.6 Å². The van der Waals surface area contributed by atoms with Crippen molar-refractivity contribution in [2.45, 2.75) is 36.1 Å². The predicted octanol–water partition coefficient (Wildman–Crippen LogP) is 2.33. The largest absolute Gasteiger partial charge is 0.497 e. The van der Waals surface area contributed by atoms with E-state index in [4.69, 9.17) is 14.2 Å². The molecule has 1 saturated heterocycles. The molecule has 1 fully saturated rings. The maximum absolute atomic E-state index is 12.6. The standard InChI is InChI=1S/C30H29BrN2O8/c1-39-20-12-8-18(9-13-20)30(17-6-4-3-5-7-17,19-10-14-21(40-2)15-11-19)26(36)25-23(34)24(35)28(41-25)33-16-22(31)27(37)32-29(33)38/h3-16,23-26,28,34-36H,1-2H3,(H,32,37,38)/t23-,24+,25-,26?,28+/m0/s1. The molecule has 5 rings (SSSR count). The number of halogens is 1. The number of nitrogens with zero attached hydrogens (tertiary/aromatic N) is 1. The summed E-state index contributed by atoms with van der Waals surface area (Å²) in [6.45, 7) is 0. The zero-order valence-corrected chi connectivity index (χ0v) is 23.8. The topological polar surface area (TPSA) is 143 Å². The Hall–Kier alpha value is -3.74. The molecular formula is C30H29BrN2O8. The molecule has 0 spiro atoms. The van der Waals surface area contributed by atoms with Gasteiger partial charge in [0.05, 0.1) is 24.1 Å². The van der Waals surface area contributed by atoms with Crippen LogP contribution in [0.4, 0.5) is 0 Å². The normalized spacial score (nSPS) is 21.4. The van der Waals surface area contributed by atoms with Gasteiger partial charge in [-0.2, -0.15) is 0 Å². The quantitative estimate of drug-likeness (QED) is 0.219. The monoisotopic (exact) mass is 624 g/mol. The lowest BCUT2D eigenvalue weighted by Crippen LogP contribution is -2.52. The number of aromatic nitrogens is 2. The Labute approximate surface area is 243 Å². The number of benzene rings is 3. The SMILES string of the molecule is COc1ccc(C(c2ccccc2)(c2ccc(OC)cc2)C(O)[C@H]2O[C@@H](n3cc(Br)c(=O)[nH]c3=O)[C@H](O)[C@@H]2O)cc1. The number of hydrogen-bond donors (Lipinski definition) is 4. The summed E-state index contributed by atoms with van der Waals surface area (Å²) >= 11 is 3.08. The molecule has 5 atom stereocenters. The number of aliphatic hydroxyl groups is 3. The first-order valence-corrected chi connectivity index (χ1v) is 13.6. The first kappa shape index (κ1) is 28.8. The van der Waals surface area contributed by atoms with Crippen LogP contribution < -0.4 is 20.7 Å². The van der Waals surface area contributed by atoms with Crippen molar-refractivity contribution in [3.63, 3.8) is 0 Å². The highest BCUT2D eigenvalue weighted by Crippen LogP contribution is 2.47. The van der Waals surface area contributed by atoms with Gasteiger partial charge >= 0.3 is 5.69 Å². The molecule has 11 heteroatoms. The summed E-state index contributed by atoms with van der Waals surface area (Å²) < 4.78 is 17.8. The molecule has 214 valence electrons. The van der Waals surface area contributed by atoms with Gasteiger partial charge in [-0.3, -0.25) is 14.3 Å². The van der Waals surface area contributed by atoms with Crippen molar-refractivity contribution in [3.05, 3.63) is 127 Å². The molecule has 1 unspecified atom stereocenters. The van der Waals surface area contributed by atoms with Gasteiger partial charge in [-0.1, -0.05) is 54.6 Å². The highest BCUT2D eigenvalue weighted by molar-refractivity contribution is 9.10. The average Bonchev–Trinajstić information content (AvgIpc) is 3.30. The molecule has 4 aromatic rings. The number of methoxy groups -OCH3 is 2. The molecular weight excluding hydrogens is 596 g/mol. The molecule has 0 aliphatic carbocycles. The van der Waals surface area contributed by atoms with Crippen LogP contribution in [0.1, 0.15) is 22.9 Å². The zero-order valence-electron chi connectivity index (χ0n) is 22.2. The fourth-order valence-electron chi connectivity index (χ4n) is 5.49. The van der Waals surface area contributed by atoms with Crippen LogP contribution in [-0.2, 0) is 10.2 Å². The van der Waals surface area contributed by atoms with E-state index in [2.05, 4.69) is 20.9 Å². The van der Waals surface area contributed by atoms with Gasteiger partial charge in [-0.05, 0) is 56.9 Å². The maximum atomic E-state index is 12.6. The van der Waals surface area contributed by atoms with Gasteiger partial charge in [-0.25, -0.2) is 4.79 Å². The molecule has 41 heavy (non-hydrogen) atoms. The maximum Gasteiger partial charge on any atom is 0.330 e. The van der Waals surface area contributed by atoms with E-state index in [0.717, 1.165) is 4.57 Å². The van der Waals surface area contributed by atoms with Crippen molar-refractivity contribution in [1.29, 1.82) is 0 Å². The van der Waals surface area contributed by atoms with E-state index < -0.39 is 47.3 Å². The van der Waals surface area contributed by atoms with Crippen molar-refractivity contribution >= 4 is 15.9 Å². The molecule has 0 radical (unpaired) electrons. The fourth-order valence-corrected chi connectivity index (χ4v) is 5.81. The molecule has 0 bridgehead atoms. The summed E-state index contributed by atoms with van der Waals surface area (Å²) in [5.74, 6) is 1.21. The average molecular weight is 625 g/mol. The fraction of sp³-hybridized carbons (Fsp3) is 0.267. The summed E-state index contributed by atoms with van der Waals surface area (Å²) in [4.78, 5) is 26.6. The third-order valence-corrected chi connectivity index (χ3v) is 8.11. The Morgan fingerprint density at radius 3 is 1.88 bits per heavy atom. The van der Waals surface area contributed by atoms with Crippen LogP contribution >= 0.6 is 15.9 Å².